The van der Waals surface area contributed by atoms with Gasteiger partial charge in [-0.1, -0.05) is 0 Å². The highest BCUT2D eigenvalue weighted by atomic mass is 32.2. The molecule has 0 aliphatic carbocycles. The van der Waals surface area contributed by atoms with E-state index in [1.807, 2.05) is 6.92 Å². The Morgan fingerprint density at radius 2 is 2.18 bits per heavy atom. The Morgan fingerprint density at radius 3 is 2.55 bits per heavy atom. The third kappa shape index (κ3) is 1.42. The van der Waals surface area contributed by atoms with Crippen LogP contribution >= 0.6 is 0 Å². The highest BCUT2D eigenvalue weighted by Crippen LogP contribution is 2.34. The van der Waals surface area contributed by atoms with Gasteiger partial charge in [-0.3, -0.25) is 0 Å². The van der Waals surface area contributed by atoms with E-state index in [2.05, 4.69) is 0 Å². The Labute approximate surface area is 67.9 Å². The van der Waals surface area contributed by atoms with E-state index in [4.69, 9.17) is 5.73 Å². The average molecular weight is 177 g/mol. The molecule has 0 bridgehead atoms. The molecule has 1 aliphatic heterocycles. The molecule has 1 aliphatic rings. The third-order valence-corrected chi connectivity index (χ3v) is 5.28. The Hall–Kier alpha value is -0.0900. The first kappa shape index (κ1) is 9.00. The lowest BCUT2D eigenvalue weighted by Gasteiger charge is -2.21. The minimum atomic E-state index is -2.83. The summed E-state index contributed by atoms with van der Waals surface area (Å²) in [5, 5.41) is 0. The van der Waals surface area contributed by atoms with Crippen LogP contribution in [0.3, 0.4) is 0 Å². The van der Waals surface area contributed by atoms with Crippen LogP contribution in [0.2, 0.25) is 0 Å². The molecule has 1 rings (SSSR count). The molecule has 0 spiro atoms. The molecule has 4 heteroatoms. The highest BCUT2D eigenvalue weighted by molar-refractivity contribution is 7.93. The van der Waals surface area contributed by atoms with Crippen molar-refractivity contribution in [2.24, 2.45) is 5.73 Å². The Bertz CT molecular complexity index is 235. The molecule has 0 aromatic rings. The predicted molar refractivity (Wildman–Crippen MR) is 45.1 cm³/mol. The Kier molecular flexibility index (Phi) is 2.25. The molecule has 0 radical (unpaired) electrons. The summed E-state index contributed by atoms with van der Waals surface area (Å²) in [4.78, 5) is 0. The molecule has 0 amide bonds. The van der Waals surface area contributed by atoms with Crippen molar-refractivity contribution in [3.05, 3.63) is 0 Å². The normalized spacial score (nSPS) is 35.8. The van der Waals surface area contributed by atoms with Gasteiger partial charge in [-0.05, 0) is 32.7 Å². The van der Waals surface area contributed by atoms with Crippen molar-refractivity contribution in [2.75, 3.05) is 12.3 Å². The fourth-order valence-corrected chi connectivity index (χ4v) is 3.53. The zero-order valence-electron chi connectivity index (χ0n) is 6.84. The topological polar surface area (TPSA) is 60.2 Å². The minimum Gasteiger partial charge on any atom is -0.330 e. The molecule has 2 N–H and O–H groups in total. The van der Waals surface area contributed by atoms with Crippen LogP contribution in [0.5, 0.6) is 0 Å². The first-order valence-corrected chi connectivity index (χ1v) is 5.59. The van der Waals surface area contributed by atoms with Gasteiger partial charge in [0.2, 0.25) is 0 Å². The van der Waals surface area contributed by atoms with Crippen LogP contribution in [0.15, 0.2) is 0 Å². The molecule has 1 unspecified atom stereocenters. The lowest BCUT2D eigenvalue weighted by atomic mass is 10.0. The van der Waals surface area contributed by atoms with Gasteiger partial charge in [-0.15, -0.1) is 0 Å². The molecule has 0 saturated carbocycles. The number of hydrogen-bond donors (Lipinski definition) is 1. The predicted octanol–water partition coefficient (Wildman–Crippen LogP) is 0.303. The van der Waals surface area contributed by atoms with Crippen molar-refractivity contribution in [3.63, 3.8) is 0 Å². The van der Waals surface area contributed by atoms with Crippen LogP contribution in [0.4, 0.5) is 0 Å². The smallest absolute Gasteiger partial charge is 0.155 e. The molecular weight excluding hydrogens is 162 g/mol. The van der Waals surface area contributed by atoms with Crippen LogP contribution in [0.25, 0.3) is 0 Å². The molecule has 0 aromatic heterocycles. The molecule has 1 saturated heterocycles. The summed E-state index contributed by atoms with van der Waals surface area (Å²) in [6.07, 6.45) is 2.20. The molecule has 1 atom stereocenters. The number of sulfone groups is 1. The van der Waals surface area contributed by atoms with Crippen molar-refractivity contribution in [1.29, 1.82) is 0 Å². The van der Waals surface area contributed by atoms with Gasteiger partial charge in [0.05, 0.1) is 10.5 Å². The molecule has 1 heterocycles. The Balaban J connectivity index is 2.85. The van der Waals surface area contributed by atoms with E-state index in [1.54, 1.807) is 0 Å². The van der Waals surface area contributed by atoms with Crippen molar-refractivity contribution in [1.82, 2.24) is 0 Å². The maximum absolute atomic E-state index is 11.4. The van der Waals surface area contributed by atoms with Crippen molar-refractivity contribution >= 4 is 9.84 Å². The van der Waals surface area contributed by atoms with E-state index in [0.29, 0.717) is 18.7 Å². The second-order valence-electron chi connectivity index (χ2n) is 3.41. The van der Waals surface area contributed by atoms with E-state index < -0.39 is 14.6 Å². The second kappa shape index (κ2) is 2.75. The average Bonchev–Trinajstić information content (AvgIpc) is 2.09. The fraction of sp³-hybridized carbons (Fsp3) is 1.00. The van der Waals surface area contributed by atoms with Gasteiger partial charge >= 0.3 is 0 Å². The quantitative estimate of drug-likeness (QED) is 0.660. The monoisotopic (exact) mass is 177 g/mol. The van der Waals surface area contributed by atoms with Gasteiger partial charge in [0.25, 0.3) is 0 Å². The minimum absolute atomic E-state index is 0.351. The molecular formula is C7H15NO2S. The van der Waals surface area contributed by atoms with Gasteiger partial charge < -0.3 is 5.73 Å². The van der Waals surface area contributed by atoms with Crippen molar-refractivity contribution < 1.29 is 8.42 Å². The lowest BCUT2D eigenvalue weighted by molar-refractivity contribution is 0.513. The van der Waals surface area contributed by atoms with Gasteiger partial charge in [0.15, 0.2) is 9.84 Å². The van der Waals surface area contributed by atoms with Crippen LogP contribution < -0.4 is 5.73 Å². The summed E-state index contributed by atoms with van der Waals surface area (Å²) in [7, 11) is -2.83. The molecule has 1 fully saturated rings. The van der Waals surface area contributed by atoms with Gasteiger partial charge in [0.1, 0.15) is 0 Å². The number of rotatable bonds is 2. The van der Waals surface area contributed by atoms with Gasteiger partial charge in [0, 0.05) is 0 Å². The Morgan fingerprint density at radius 1 is 1.55 bits per heavy atom. The fourth-order valence-electron chi connectivity index (χ4n) is 1.62. The van der Waals surface area contributed by atoms with Crippen LogP contribution in [-0.2, 0) is 9.84 Å². The lowest BCUT2D eigenvalue weighted by Crippen LogP contribution is -2.33. The zero-order chi connectivity index (χ0) is 8.54. The van der Waals surface area contributed by atoms with Crippen LogP contribution in [0.1, 0.15) is 26.2 Å². The summed E-state index contributed by atoms with van der Waals surface area (Å²) in [6, 6.07) is 0. The summed E-state index contributed by atoms with van der Waals surface area (Å²) >= 11 is 0. The van der Waals surface area contributed by atoms with E-state index >= 15 is 0 Å². The van der Waals surface area contributed by atoms with E-state index in [9.17, 15) is 8.42 Å². The molecule has 3 nitrogen and oxygen atoms in total. The largest absolute Gasteiger partial charge is 0.330 e. The number of nitrogens with two attached hydrogens (primary N) is 1. The summed E-state index contributed by atoms with van der Waals surface area (Å²) in [6.45, 7) is 2.28. The van der Waals surface area contributed by atoms with Gasteiger partial charge in [-0.25, -0.2) is 8.42 Å². The maximum Gasteiger partial charge on any atom is 0.155 e. The number of hydrogen-bond acceptors (Lipinski definition) is 3. The maximum atomic E-state index is 11.4. The first-order valence-electron chi connectivity index (χ1n) is 3.94. The second-order valence-corrected chi connectivity index (χ2v) is 6.03. The van der Waals surface area contributed by atoms with E-state index in [0.717, 1.165) is 12.8 Å². The van der Waals surface area contributed by atoms with Crippen LogP contribution in [-0.4, -0.2) is 25.5 Å². The van der Waals surface area contributed by atoms with Gasteiger partial charge in [-0.2, -0.15) is 0 Å². The van der Waals surface area contributed by atoms with Crippen molar-refractivity contribution in [2.45, 2.75) is 30.9 Å². The molecule has 11 heavy (non-hydrogen) atoms. The zero-order valence-corrected chi connectivity index (χ0v) is 7.65. The molecule has 0 aromatic carbocycles. The summed E-state index contributed by atoms with van der Waals surface area (Å²) in [5.41, 5.74) is 5.35. The van der Waals surface area contributed by atoms with Crippen LogP contribution in [0, 0.1) is 0 Å². The summed E-state index contributed by atoms with van der Waals surface area (Å²) < 4.78 is 22.3. The SMILES string of the molecule is CC1(CCN)CCCS1(=O)=O. The van der Waals surface area contributed by atoms with E-state index in [1.165, 1.54) is 0 Å². The third-order valence-electron chi connectivity index (χ3n) is 2.54. The first-order chi connectivity index (χ1) is 5.02. The highest BCUT2D eigenvalue weighted by Gasteiger charge is 2.42. The van der Waals surface area contributed by atoms with E-state index in [-0.39, 0.29) is 0 Å². The standard InChI is InChI=1S/C7H15NO2S/c1-7(4-5-8)3-2-6-11(7,9)10/h2-6,8H2,1H3. The van der Waals surface area contributed by atoms with Crippen molar-refractivity contribution in [3.8, 4) is 0 Å². The summed E-state index contributed by atoms with van der Waals surface area (Å²) in [5.74, 6) is 0.351. The molecule has 66 valence electrons.